The number of carbonyl (C=O) groups excluding carboxylic acids is 1. The van der Waals surface area contributed by atoms with Crippen molar-refractivity contribution in [2.24, 2.45) is 0 Å². The molecular formula is C18H18F3N5O3. The second kappa shape index (κ2) is 8.03. The molecular weight excluding hydrogens is 391 g/mol. The molecule has 0 aliphatic rings. The third-order valence-electron chi connectivity index (χ3n) is 3.97. The van der Waals surface area contributed by atoms with Gasteiger partial charge in [-0.15, -0.1) is 18.3 Å². The lowest BCUT2D eigenvalue weighted by molar-refractivity contribution is -0.274. The maximum absolute atomic E-state index is 12.2. The van der Waals surface area contributed by atoms with Crippen LogP contribution in [0.5, 0.6) is 5.75 Å². The molecule has 2 N–H and O–H groups in total. The van der Waals surface area contributed by atoms with E-state index in [0.29, 0.717) is 11.3 Å². The number of amides is 1. The van der Waals surface area contributed by atoms with E-state index in [2.05, 4.69) is 25.1 Å². The molecule has 0 radical (unpaired) electrons. The third kappa shape index (κ3) is 5.41. The highest BCUT2D eigenvalue weighted by atomic mass is 19.4. The Hall–Kier alpha value is -3.21. The number of aliphatic hydroxyl groups is 1. The second-order valence-corrected chi connectivity index (χ2v) is 6.39. The largest absolute Gasteiger partial charge is 0.573 e. The number of aromatic nitrogens is 4. The summed E-state index contributed by atoms with van der Waals surface area (Å²) in [5.41, 5.74) is 1.95. The Bertz CT molecular complexity index is 1020. The molecule has 11 heteroatoms. The van der Waals surface area contributed by atoms with Crippen molar-refractivity contribution in [1.29, 1.82) is 0 Å². The lowest BCUT2D eigenvalue weighted by Gasteiger charge is -2.13. The van der Waals surface area contributed by atoms with Crippen LogP contribution in [0.1, 0.15) is 28.9 Å². The highest BCUT2D eigenvalue weighted by Crippen LogP contribution is 2.24. The Morgan fingerprint density at radius 3 is 2.59 bits per heavy atom. The van der Waals surface area contributed by atoms with Crippen molar-refractivity contribution in [2.45, 2.75) is 32.7 Å². The zero-order chi connectivity index (χ0) is 21.2. The van der Waals surface area contributed by atoms with Crippen LogP contribution in [0.4, 0.5) is 13.2 Å². The number of nitrogens with one attached hydrogen (secondary N) is 1. The quantitative estimate of drug-likeness (QED) is 0.646. The predicted molar refractivity (Wildman–Crippen MR) is 95.1 cm³/mol. The number of rotatable bonds is 6. The SMILES string of the molecule is Cc1cc(C)n2nc(CC(=O)NCC(O)c3ccc(OC(F)(F)F)cc3)nc2n1. The van der Waals surface area contributed by atoms with E-state index in [0.717, 1.165) is 23.5 Å². The Balaban J connectivity index is 1.55. The fraction of sp³-hybridized carbons (Fsp3) is 0.333. The first-order valence-corrected chi connectivity index (χ1v) is 8.61. The summed E-state index contributed by atoms with van der Waals surface area (Å²) in [7, 11) is 0. The van der Waals surface area contributed by atoms with Crippen molar-refractivity contribution in [2.75, 3.05) is 6.54 Å². The summed E-state index contributed by atoms with van der Waals surface area (Å²) >= 11 is 0. The smallest absolute Gasteiger partial charge is 0.406 e. The van der Waals surface area contributed by atoms with Crippen molar-refractivity contribution < 1.29 is 27.8 Å². The number of halogens is 3. The third-order valence-corrected chi connectivity index (χ3v) is 3.97. The Kier molecular flexibility index (Phi) is 5.69. The van der Waals surface area contributed by atoms with Gasteiger partial charge < -0.3 is 15.2 Å². The molecule has 1 aromatic carbocycles. The summed E-state index contributed by atoms with van der Waals surface area (Å²) in [6, 6.07) is 6.60. The Morgan fingerprint density at radius 2 is 1.93 bits per heavy atom. The average molecular weight is 409 g/mol. The van der Waals surface area contributed by atoms with Crippen LogP contribution < -0.4 is 10.1 Å². The first kappa shape index (κ1) is 20.5. The molecule has 3 rings (SSSR count). The van der Waals surface area contributed by atoms with Crippen LogP contribution in [0.3, 0.4) is 0 Å². The van der Waals surface area contributed by atoms with Crippen LogP contribution in [0.15, 0.2) is 30.3 Å². The lowest BCUT2D eigenvalue weighted by atomic mass is 10.1. The summed E-state index contributed by atoms with van der Waals surface area (Å²) in [5.74, 6) is -0.126. The van der Waals surface area contributed by atoms with Crippen LogP contribution in [-0.4, -0.2) is 43.5 Å². The minimum Gasteiger partial charge on any atom is -0.406 e. The highest BCUT2D eigenvalue weighted by molar-refractivity contribution is 5.77. The summed E-state index contributed by atoms with van der Waals surface area (Å²) in [5, 5.41) is 16.9. The average Bonchev–Trinajstić information content (AvgIpc) is 3.01. The van der Waals surface area contributed by atoms with Gasteiger partial charge in [0.05, 0.1) is 12.5 Å². The van der Waals surface area contributed by atoms with Gasteiger partial charge in [-0.25, -0.2) is 9.50 Å². The van der Waals surface area contributed by atoms with Crippen LogP contribution >= 0.6 is 0 Å². The zero-order valence-electron chi connectivity index (χ0n) is 15.6. The van der Waals surface area contributed by atoms with E-state index in [1.165, 1.54) is 16.6 Å². The van der Waals surface area contributed by atoms with Crippen LogP contribution in [0.25, 0.3) is 5.78 Å². The van der Waals surface area contributed by atoms with E-state index < -0.39 is 24.1 Å². The number of benzene rings is 1. The highest BCUT2D eigenvalue weighted by Gasteiger charge is 2.31. The summed E-state index contributed by atoms with van der Waals surface area (Å²) < 4.78 is 41.8. The predicted octanol–water partition coefficient (Wildman–Crippen LogP) is 2.03. The number of aryl methyl sites for hydroxylation is 2. The molecule has 0 aliphatic heterocycles. The second-order valence-electron chi connectivity index (χ2n) is 6.39. The molecule has 0 bridgehead atoms. The Labute approximate surface area is 163 Å². The lowest BCUT2D eigenvalue weighted by Crippen LogP contribution is -2.30. The van der Waals surface area contributed by atoms with Crippen LogP contribution in [-0.2, 0) is 11.2 Å². The number of carbonyl (C=O) groups is 1. The number of nitrogens with zero attached hydrogens (tertiary/aromatic N) is 4. The van der Waals surface area contributed by atoms with Crippen molar-refractivity contribution in [3.8, 4) is 5.75 Å². The number of alkyl halides is 3. The fourth-order valence-corrected chi connectivity index (χ4v) is 2.71. The first-order chi connectivity index (χ1) is 13.6. The van der Waals surface area contributed by atoms with Crippen molar-refractivity contribution in [3.63, 3.8) is 0 Å². The fourth-order valence-electron chi connectivity index (χ4n) is 2.71. The standard InChI is InChI=1S/C18H18F3N5O3/c1-10-7-11(2)26-17(23-10)24-15(25-26)8-16(28)22-9-14(27)12-3-5-13(6-4-12)29-18(19,20)21/h3-7,14,27H,8-9H2,1-2H3,(H,22,28). The van der Waals surface area contributed by atoms with Crippen molar-refractivity contribution in [3.05, 3.63) is 53.1 Å². The van der Waals surface area contributed by atoms with Gasteiger partial charge in [-0.2, -0.15) is 4.98 Å². The van der Waals surface area contributed by atoms with E-state index >= 15 is 0 Å². The minimum absolute atomic E-state index is 0.104. The molecule has 1 amide bonds. The topological polar surface area (TPSA) is 102 Å². The summed E-state index contributed by atoms with van der Waals surface area (Å²) in [6.07, 6.45) is -5.99. The van der Waals surface area contributed by atoms with Gasteiger partial charge in [0.15, 0.2) is 5.82 Å². The molecule has 2 heterocycles. The van der Waals surface area contributed by atoms with Crippen molar-refractivity contribution in [1.82, 2.24) is 24.9 Å². The van der Waals surface area contributed by atoms with E-state index in [1.807, 2.05) is 19.9 Å². The van der Waals surface area contributed by atoms with Gasteiger partial charge in [-0.3, -0.25) is 4.79 Å². The monoisotopic (exact) mass is 409 g/mol. The van der Waals surface area contributed by atoms with Crippen LogP contribution in [0.2, 0.25) is 0 Å². The van der Waals surface area contributed by atoms with Gasteiger partial charge in [0.2, 0.25) is 5.91 Å². The molecule has 0 saturated heterocycles. The van der Waals surface area contributed by atoms with E-state index in [4.69, 9.17) is 0 Å². The van der Waals surface area contributed by atoms with Gasteiger partial charge in [0.25, 0.3) is 5.78 Å². The molecule has 0 saturated carbocycles. The van der Waals surface area contributed by atoms with E-state index in [1.54, 1.807) is 0 Å². The number of ether oxygens (including phenoxy) is 1. The normalized spacial score (nSPS) is 12.8. The number of hydrogen-bond acceptors (Lipinski definition) is 6. The van der Waals surface area contributed by atoms with Gasteiger partial charge in [-0.05, 0) is 37.6 Å². The first-order valence-electron chi connectivity index (χ1n) is 8.61. The molecule has 0 spiro atoms. The number of hydrogen-bond donors (Lipinski definition) is 2. The maximum atomic E-state index is 12.2. The molecule has 8 nitrogen and oxygen atoms in total. The zero-order valence-corrected chi connectivity index (χ0v) is 15.6. The van der Waals surface area contributed by atoms with Crippen molar-refractivity contribution >= 4 is 11.7 Å². The molecule has 0 aliphatic carbocycles. The molecule has 1 atom stereocenters. The molecule has 0 fully saturated rings. The van der Waals surface area contributed by atoms with E-state index in [-0.39, 0.29) is 18.8 Å². The number of aliphatic hydroxyl groups excluding tert-OH is 1. The molecule has 2 aromatic heterocycles. The molecule has 29 heavy (non-hydrogen) atoms. The van der Waals surface area contributed by atoms with E-state index in [9.17, 15) is 23.1 Å². The molecule has 154 valence electrons. The molecule has 1 unspecified atom stereocenters. The Morgan fingerprint density at radius 1 is 1.24 bits per heavy atom. The van der Waals surface area contributed by atoms with Gasteiger partial charge >= 0.3 is 6.36 Å². The summed E-state index contributed by atoms with van der Waals surface area (Å²) in [4.78, 5) is 20.6. The minimum atomic E-state index is -4.78. The number of fused-ring (bicyclic) bond motifs is 1. The van der Waals surface area contributed by atoms with Gasteiger partial charge in [0, 0.05) is 17.9 Å². The molecule has 3 aromatic rings. The van der Waals surface area contributed by atoms with Crippen LogP contribution in [0, 0.1) is 13.8 Å². The summed E-state index contributed by atoms with van der Waals surface area (Å²) in [6.45, 7) is 3.56. The van der Waals surface area contributed by atoms with Gasteiger partial charge in [0.1, 0.15) is 5.75 Å². The maximum Gasteiger partial charge on any atom is 0.573 e. The van der Waals surface area contributed by atoms with Gasteiger partial charge in [-0.1, -0.05) is 12.1 Å².